The van der Waals surface area contributed by atoms with Crippen molar-refractivity contribution in [2.75, 3.05) is 5.32 Å². The average Bonchev–Trinajstić information content (AvgIpc) is 3.22. The molecule has 0 spiro atoms. The number of nitrogens with one attached hydrogen (secondary N) is 2. The van der Waals surface area contributed by atoms with Crippen LogP contribution < -0.4 is 5.32 Å². The van der Waals surface area contributed by atoms with Gasteiger partial charge in [0.15, 0.2) is 5.82 Å². The molecule has 0 saturated carbocycles. The molecule has 0 radical (unpaired) electrons. The number of H-pyrrole nitrogens is 1. The van der Waals surface area contributed by atoms with Gasteiger partial charge in [-0.3, -0.25) is 9.89 Å². The van der Waals surface area contributed by atoms with Crippen molar-refractivity contribution >= 4 is 22.6 Å². The van der Waals surface area contributed by atoms with E-state index in [1.807, 2.05) is 66.7 Å². The van der Waals surface area contributed by atoms with Gasteiger partial charge < -0.3 is 5.32 Å². The molecule has 0 unspecified atom stereocenters. The molecule has 0 aliphatic rings. The van der Waals surface area contributed by atoms with Gasteiger partial charge in [-0.25, -0.2) is 0 Å². The Morgan fingerprint density at radius 2 is 1.39 bits per heavy atom. The lowest BCUT2D eigenvalue weighted by atomic mass is 9.90. The summed E-state index contributed by atoms with van der Waals surface area (Å²) < 4.78 is 0. The van der Waals surface area contributed by atoms with Crippen LogP contribution in [0.2, 0.25) is 0 Å². The molecule has 162 valence electrons. The van der Waals surface area contributed by atoms with Crippen molar-refractivity contribution in [3.8, 4) is 11.1 Å². The summed E-state index contributed by atoms with van der Waals surface area (Å²) in [5.41, 5.74) is 7.60. The first-order valence-electron chi connectivity index (χ1n) is 11.1. The molecule has 0 fully saturated rings. The SMILES string of the molecule is Cc1cccc(C)c1-c1ccc2c(NC(=O)C(c3ccccc3)c3ccccc3)n[nH]c2c1. The summed E-state index contributed by atoms with van der Waals surface area (Å²) >= 11 is 0. The zero-order valence-electron chi connectivity index (χ0n) is 18.7. The molecular formula is C29H25N3O. The standard InChI is InChI=1S/C29H25N3O/c1-19-10-9-11-20(2)26(19)23-16-17-24-25(18-23)31-32-28(24)30-29(33)27(21-12-5-3-6-13-21)22-14-7-4-8-15-22/h3-18,27H,1-2H3,(H2,30,31,32,33). The maximum Gasteiger partial charge on any atom is 0.237 e. The third kappa shape index (κ3) is 4.03. The Labute approximate surface area is 193 Å². The van der Waals surface area contributed by atoms with Gasteiger partial charge in [-0.1, -0.05) is 84.9 Å². The molecule has 0 aliphatic heterocycles. The van der Waals surface area contributed by atoms with E-state index in [2.05, 4.69) is 59.7 Å². The number of nitrogens with zero attached hydrogens (tertiary/aromatic N) is 1. The number of benzene rings is 4. The van der Waals surface area contributed by atoms with Crippen LogP contribution in [0.25, 0.3) is 22.0 Å². The maximum atomic E-state index is 13.5. The molecule has 2 N–H and O–H groups in total. The van der Waals surface area contributed by atoms with Crippen molar-refractivity contribution < 1.29 is 4.79 Å². The van der Waals surface area contributed by atoms with Crippen LogP contribution in [0.3, 0.4) is 0 Å². The summed E-state index contributed by atoms with van der Waals surface area (Å²) in [5.74, 6) is 0.00702. The highest BCUT2D eigenvalue weighted by Gasteiger charge is 2.24. The molecule has 0 atom stereocenters. The number of aromatic nitrogens is 2. The van der Waals surface area contributed by atoms with Gasteiger partial charge in [0.05, 0.1) is 11.4 Å². The summed E-state index contributed by atoms with van der Waals surface area (Å²) in [6.45, 7) is 4.25. The van der Waals surface area contributed by atoms with Crippen LogP contribution in [0.1, 0.15) is 28.2 Å². The van der Waals surface area contributed by atoms with Crippen LogP contribution in [-0.4, -0.2) is 16.1 Å². The lowest BCUT2D eigenvalue weighted by Gasteiger charge is -2.17. The maximum absolute atomic E-state index is 13.5. The summed E-state index contributed by atoms with van der Waals surface area (Å²) in [6.07, 6.45) is 0. The third-order valence-electron chi connectivity index (χ3n) is 6.10. The first kappa shape index (κ1) is 20.7. The van der Waals surface area contributed by atoms with Crippen molar-refractivity contribution in [1.29, 1.82) is 0 Å². The molecule has 4 aromatic carbocycles. The quantitative estimate of drug-likeness (QED) is 0.329. The van der Waals surface area contributed by atoms with Gasteiger partial charge in [0, 0.05) is 5.39 Å². The van der Waals surface area contributed by atoms with Crippen LogP contribution in [0.4, 0.5) is 5.82 Å². The number of amides is 1. The van der Waals surface area contributed by atoms with E-state index in [1.54, 1.807) is 0 Å². The fraction of sp³-hybridized carbons (Fsp3) is 0.103. The average molecular weight is 432 g/mol. The van der Waals surface area contributed by atoms with Crippen molar-refractivity contribution in [3.63, 3.8) is 0 Å². The predicted octanol–water partition coefficient (Wildman–Crippen LogP) is 6.62. The van der Waals surface area contributed by atoms with E-state index in [1.165, 1.54) is 16.7 Å². The Balaban J connectivity index is 1.49. The summed E-state index contributed by atoms with van der Waals surface area (Å²) in [4.78, 5) is 13.5. The first-order chi connectivity index (χ1) is 16.1. The number of carbonyl (C=O) groups excluding carboxylic acids is 1. The number of anilines is 1. The van der Waals surface area contributed by atoms with E-state index in [9.17, 15) is 4.79 Å². The molecule has 5 aromatic rings. The van der Waals surface area contributed by atoms with E-state index < -0.39 is 5.92 Å². The zero-order chi connectivity index (χ0) is 22.8. The normalized spacial score (nSPS) is 11.1. The zero-order valence-corrected chi connectivity index (χ0v) is 18.7. The largest absolute Gasteiger partial charge is 0.308 e. The Hall–Kier alpha value is -4.18. The van der Waals surface area contributed by atoms with Crippen LogP contribution in [0.5, 0.6) is 0 Å². The van der Waals surface area contributed by atoms with Gasteiger partial charge in [-0.05, 0) is 59.4 Å². The molecule has 4 heteroatoms. The number of aryl methyl sites for hydroxylation is 2. The van der Waals surface area contributed by atoms with Gasteiger partial charge in [0.1, 0.15) is 0 Å². The molecule has 0 aliphatic carbocycles. The Morgan fingerprint density at radius 1 is 0.788 bits per heavy atom. The Kier molecular flexibility index (Phi) is 5.49. The smallest absolute Gasteiger partial charge is 0.237 e. The lowest BCUT2D eigenvalue weighted by molar-refractivity contribution is -0.116. The number of fused-ring (bicyclic) bond motifs is 1. The summed E-state index contributed by atoms with van der Waals surface area (Å²) in [6, 6.07) is 32.2. The minimum atomic E-state index is -0.423. The molecule has 0 bridgehead atoms. The van der Waals surface area contributed by atoms with Gasteiger partial charge >= 0.3 is 0 Å². The number of aromatic amines is 1. The van der Waals surface area contributed by atoms with Gasteiger partial charge in [0.25, 0.3) is 0 Å². The molecule has 1 heterocycles. The topological polar surface area (TPSA) is 57.8 Å². The number of hydrogen-bond acceptors (Lipinski definition) is 2. The predicted molar refractivity (Wildman–Crippen MR) is 134 cm³/mol. The van der Waals surface area contributed by atoms with E-state index in [4.69, 9.17) is 0 Å². The monoisotopic (exact) mass is 431 g/mol. The second-order valence-corrected chi connectivity index (χ2v) is 8.34. The molecule has 33 heavy (non-hydrogen) atoms. The molecule has 0 saturated heterocycles. The Morgan fingerprint density at radius 3 is 2.00 bits per heavy atom. The fourth-order valence-corrected chi connectivity index (χ4v) is 4.52. The minimum absolute atomic E-state index is 0.111. The van der Waals surface area contributed by atoms with E-state index in [0.717, 1.165) is 27.6 Å². The molecule has 4 nitrogen and oxygen atoms in total. The third-order valence-corrected chi connectivity index (χ3v) is 6.10. The van der Waals surface area contributed by atoms with Crippen molar-refractivity contribution in [3.05, 3.63) is 119 Å². The second-order valence-electron chi connectivity index (χ2n) is 8.34. The summed E-state index contributed by atoms with van der Waals surface area (Å²) in [5, 5.41) is 11.5. The highest BCUT2D eigenvalue weighted by Crippen LogP contribution is 2.32. The molecular weight excluding hydrogens is 406 g/mol. The number of hydrogen-bond donors (Lipinski definition) is 2. The van der Waals surface area contributed by atoms with Crippen LogP contribution in [0.15, 0.2) is 97.1 Å². The summed E-state index contributed by atoms with van der Waals surface area (Å²) in [7, 11) is 0. The van der Waals surface area contributed by atoms with Crippen LogP contribution >= 0.6 is 0 Å². The molecule has 1 amide bonds. The molecule has 5 rings (SSSR count). The minimum Gasteiger partial charge on any atom is -0.308 e. The Bertz CT molecular complexity index is 1360. The lowest BCUT2D eigenvalue weighted by Crippen LogP contribution is -2.22. The fourth-order valence-electron chi connectivity index (χ4n) is 4.52. The van der Waals surface area contributed by atoms with Crippen LogP contribution in [-0.2, 0) is 4.79 Å². The number of carbonyl (C=O) groups is 1. The van der Waals surface area contributed by atoms with Crippen molar-refractivity contribution in [2.24, 2.45) is 0 Å². The van der Waals surface area contributed by atoms with E-state index >= 15 is 0 Å². The van der Waals surface area contributed by atoms with E-state index in [0.29, 0.717) is 5.82 Å². The van der Waals surface area contributed by atoms with Crippen molar-refractivity contribution in [2.45, 2.75) is 19.8 Å². The van der Waals surface area contributed by atoms with E-state index in [-0.39, 0.29) is 5.91 Å². The van der Waals surface area contributed by atoms with Gasteiger partial charge in [-0.15, -0.1) is 0 Å². The highest BCUT2D eigenvalue weighted by molar-refractivity contribution is 6.04. The number of rotatable bonds is 5. The molecule has 1 aromatic heterocycles. The second kappa shape index (κ2) is 8.75. The highest BCUT2D eigenvalue weighted by atomic mass is 16.2. The van der Waals surface area contributed by atoms with Gasteiger partial charge in [-0.2, -0.15) is 5.10 Å². The first-order valence-corrected chi connectivity index (χ1v) is 11.1. The van der Waals surface area contributed by atoms with Crippen molar-refractivity contribution in [1.82, 2.24) is 10.2 Å². The van der Waals surface area contributed by atoms with Crippen LogP contribution in [0, 0.1) is 13.8 Å². The van der Waals surface area contributed by atoms with Gasteiger partial charge in [0.2, 0.25) is 5.91 Å².